The van der Waals surface area contributed by atoms with Crippen LogP contribution in [0.2, 0.25) is 0 Å². The highest BCUT2D eigenvalue weighted by Crippen LogP contribution is 2.44. The molecule has 1 atom stereocenters. The van der Waals surface area contributed by atoms with Gasteiger partial charge in [-0.1, -0.05) is 6.92 Å². The largest absolute Gasteiger partial charge is 0.369 e. The van der Waals surface area contributed by atoms with Gasteiger partial charge in [-0.25, -0.2) is 18.7 Å². The minimum absolute atomic E-state index is 0.365. The number of nitrogens with zero attached hydrogens (tertiary/aromatic N) is 4. The zero-order valence-electron chi connectivity index (χ0n) is 19.3. The monoisotopic (exact) mass is 472 g/mol. The molecule has 0 radical (unpaired) electrons. The second kappa shape index (κ2) is 8.74. The molecule has 2 aliphatic rings. The highest BCUT2D eigenvalue weighted by molar-refractivity contribution is 7.21. The van der Waals surface area contributed by atoms with Gasteiger partial charge < -0.3 is 10.6 Å². The Morgan fingerprint density at radius 3 is 2.64 bits per heavy atom. The Labute approximate surface area is 196 Å². The van der Waals surface area contributed by atoms with Crippen molar-refractivity contribution in [3.63, 3.8) is 0 Å². The fourth-order valence-electron chi connectivity index (χ4n) is 4.25. The Hall–Kier alpha value is -2.42. The van der Waals surface area contributed by atoms with Gasteiger partial charge in [0.25, 0.3) is 0 Å². The van der Waals surface area contributed by atoms with E-state index in [9.17, 15) is 8.78 Å². The predicted molar refractivity (Wildman–Crippen MR) is 129 cm³/mol. The summed E-state index contributed by atoms with van der Waals surface area (Å²) < 4.78 is 28.9. The van der Waals surface area contributed by atoms with E-state index < -0.39 is 11.8 Å². The number of hydrogen-bond acceptors (Lipinski definition) is 7. The number of anilines is 2. The van der Waals surface area contributed by atoms with Crippen molar-refractivity contribution in [2.45, 2.75) is 77.2 Å². The number of alkyl halides is 2. The summed E-state index contributed by atoms with van der Waals surface area (Å²) in [5, 5.41) is 7.54. The number of fused-ring (bicyclic) bond motifs is 1. The van der Waals surface area contributed by atoms with Crippen molar-refractivity contribution in [2.24, 2.45) is 5.92 Å². The van der Waals surface area contributed by atoms with Crippen LogP contribution in [0.5, 0.6) is 0 Å². The summed E-state index contributed by atoms with van der Waals surface area (Å²) in [7, 11) is 0. The molecule has 2 saturated carbocycles. The summed E-state index contributed by atoms with van der Waals surface area (Å²) in [6.07, 6.45) is 7.22. The first-order valence-corrected chi connectivity index (χ1v) is 12.7. The molecular weight excluding hydrogens is 442 g/mol. The molecule has 5 rings (SSSR count). The van der Waals surface area contributed by atoms with Gasteiger partial charge in [-0.3, -0.25) is 4.98 Å². The third-order valence-electron chi connectivity index (χ3n) is 6.51. The van der Waals surface area contributed by atoms with Crippen molar-refractivity contribution < 1.29 is 8.78 Å². The van der Waals surface area contributed by atoms with Crippen LogP contribution < -0.4 is 10.6 Å². The molecule has 6 nitrogen and oxygen atoms in total. The summed E-state index contributed by atoms with van der Waals surface area (Å²) >= 11 is 1.61. The van der Waals surface area contributed by atoms with Crippen LogP contribution in [-0.4, -0.2) is 38.4 Å². The summed E-state index contributed by atoms with van der Waals surface area (Å²) in [5.41, 5.74) is 3.70. The minimum atomic E-state index is -2.70. The standard InChI is InChI=1S/C24H30F2N6S/c1-4-15(24(3,25)26)9-11-28-21-18(13(2)29-23(32-21)30-16-7-8-16)22-31-20-17(33-22)10-12-27-19(20)14-5-6-14/h10,12,14-16H,4-9,11H2,1-3H3,(H2,28,29,30,32)/t15-/m0/s1. The molecule has 0 unspecified atom stereocenters. The summed E-state index contributed by atoms with van der Waals surface area (Å²) in [6.45, 7) is 5.19. The van der Waals surface area contributed by atoms with E-state index in [2.05, 4.69) is 15.6 Å². The molecule has 3 heterocycles. The number of halogens is 2. The van der Waals surface area contributed by atoms with Gasteiger partial charge in [-0.05, 0) is 58.4 Å². The van der Waals surface area contributed by atoms with Gasteiger partial charge in [-0.15, -0.1) is 11.3 Å². The smallest absolute Gasteiger partial charge is 0.248 e. The molecule has 3 aromatic heterocycles. The van der Waals surface area contributed by atoms with Gasteiger partial charge in [0.15, 0.2) is 0 Å². The fraction of sp³-hybridized carbons (Fsp3) is 0.583. The van der Waals surface area contributed by atoms with Crippen LogP contribution in [-0.2, 0) is 0 Å². The zero-order chi connectivity index (χ0) is 23.2. The maximum atomic E-state index is 13.9. The molecule has 0 amide bonds. The third-order valence-corrected chi connectivity index (χ3v) is 7.55. The second-order valence-corrected chi connectivity index (χ2v) is 10.4. The maximum Gasteiger partial charge on any atom is 0.248 e. The van der Waals surface area contributed by atoms with Gasteiger partial charge >= 0.3 is 0 Å². The lowest BCUT2D eigenvalue weighted by Gasteiger charge is -2.22. The molecule has 2 fully saturated rings. The van der Waals surface area contributed by atoms with Crippen LogP contribution in [0.1, 0.15) is 69.7 Å². The van der Waals surface area contributed by atoms with E-state index >= 15 is 0 Å². The first-order chi connectivity index (χ1) is 15.8. The highest BCUT2D eigenvalue weighted by atomic mass is 32.1. The predicted octanol–water partition coefficient (Wildman–Crippen LogP) is 6.39. The first kappa shape index (κ1) is 22.4. The Morgan fingerprint density at radius 2 is 1.97 bits per heavy atom. The SMILES string of the molecule is CC[C@@H](CCNc1nc(NC2CC2)nc(C)c1-c1nc2c(C3CC3)nccc2s1)C(C)(F)F. The van der Waals surface area contributed by atoms with E-state index in [-0.39, 0.29) is 0 Å². The Morgan fingerprint density at radius 1 is 1.18 bits per heavy atom. The Balaban J connectivity index is 1.48. The van der Waals surface area contributed by atoms with Crippen LogP contribution >= 0.6 is 11.3 Å². The number of pyridine rings is 1. The van der Waals surface area contributed by atoms with Crippen molar-refractivity contribution in [3.05, 3.63) is 23.7 Å². The summed E-state index contributed by atoms with van der Waals surface area (Å²) in [5.74, 6) is -1.63. The Kier molecular flexibility index (Phi) is 5.93. The quantitative estimate of drug-likeness (QED) is 0.356. The van der Waals surface area contributed by atoms with Crippen LogP contribution in [0.25, 0.3) is 20.8 Å². The number of aryl methyl sites for hydroxylation is 1. The number of nitrogens with one attached hydrogen (secondary N) is 2. The number of thiazole rings is 1. The molecule has 33 heavy (non-hydrogen) atoms. The molecule has 0 aliphatic heterocycles. The summed E-state index contributed by atoms with van der Waals surface area (Å²) in [6, 6.07) is 2.42. The molecule has 0 bridgehead atoms. The molecule has 0 saturated heterocycles. The lowest BCUT2D eigenvalue weighted by molar-refractivity contribution is -0.0428. The topological polar surface area (TPSA) is 75.6 Å². The van der Waals surface area contributed by atoms with Crippen LogP contribution in [0.4, 0.5) is 20.5 Å². The van der Waals surface area contributed by atoms with Crippen LogP contribution in [0.15, 0.2) is 12.3 Å². The van der Waals surface area contributed by atoms with Crippen molar-refractivity contribution in [1.82, 2.24) is 19.9 Å². The van der Waals surface area contributed by atoms with E-state index in [1.165, 1.54) is 0 Å². The van der Waals surface area contributed by atoms with Crippen molar-refractivity contribution in [1.29, 1.82) is 0 Å². The van der Waals surface area contributed by atoms with E-state index in [1.807, 2.05) is 26.1 Å². The molecule has 0 aromatic carbocycles. The number of rotatable bonds is 10. The van der Waals surface area contributed by atoms with Gasteiger partial charge in [-0.2, -0.15) is 4.98 Å². The van der Waals surface area contributed by atoms with E-state index in [4.69, 9.17) is 15.0 Å². The van der Waals surface area contributed by atoms with E-state index in [0.717, 1.165) is 64.8 Å². The third kappa shape index (κ3) is 4.93. The molecular formula is C24H30F2N6S. The highest BCUT2D eigenvalue weighted by Gasteiger charge is 2.32. The average molecular weight is 473 g/mol. The molecule has 2 N–H and O–H groups in total. The number of hydrogen-bond donors (Lipinski definition) is 2. The molecule has 9 heteroatoms. The lowest BCUT2D eigenvalue weighted by atomic mass is 9.96. The molecule has 3 aromatic rings. The normalized spacial score (nSPS) is 17.4. The molecule has 2 aliphatic carbocycles. The van der Waals surface area contributed by atoms with Gasteiger partial charge in [0.2, 0.25) is 11.9 Å². The fourth-order valence-corrected chi connectivity index (χ4v) is 5.32. The van der Waals surface area contributed by atoms with Gasteiger partial charge in [0.1, 0.15) is 16.3 Å². The number of aromatic nitrogens is 4. The van der Waals surface area contributed by atoms with Crippen LogP contribution in [0, 0.1) is 12.8 Å². The maximum absolute atomic E-state index is 13.9. The first-order valence-electron chi connectivity index (χ1n) is 11.9. The van der Waals surface area contributed by atoms with E-state index in [0.29, 0.717) is 43.1 Å². The van der Waals surface area contributed by atoms with Gasteiger partial charge in [0, 0.05) is 30.6 Å². The average Bonchev–Trinajstić information content (AvgIpc) is 3.68. The minimum Gasteiger partial charge on any atom is -0.369 e. The summed E-state index contributed by atoms with van der Waals surface area (Å²) in [4.78, 5) is 19.0. The zero-order valence-corrected chi connectivity index (χ0v) is 20.1. The van der Waals surface area contributed by atoms with Crippen LogP contribution in [0.3, 0.4) is 0 Å². The van der Waals surface area contributed by atoms with Gasteiger partial charge in [0.05, 0.1) is 21.7 Å². The lowest BCUT2D eigenvalue weighted by Crippen LogP contribution is -2.26. The van der Waals surface area contributed by atoms with E-state index in [1.54, 1.807) is 11.3 Å². The van der Waals surface area contributed by atoms with Crippen molar-refractivity contribution in [2.75, 3.05) is 17.2 Å². The molecule has 176 valence electrons. The van der Waals surface area contributed by atoms with Crippen molar-refractivity contribution >= 4 is 33.3 Å². The van der Waals surface area contributed by atoms with Crippen molar-refractivity contribution in [3.8, 4) is 10.6 Å². The Bertz CT molecular complexity index is 1150. The second-order valence-electron chi connectivity index (χ2n) is 9.39. The molecule has 0 spiro atoms.